The lowest BCUT2D eigenvalue weighted by atomic mass is 10.1. The fraction of sp³-hybridized carbons (Fsp3) is 0.409. The van der Waals surface area contributed by atoms with Crippen LogP contribution in [0.2, 0.25) is 10.0 Å². The maximum Gasteiger partial charge on any atom is 0.261 e. The summed E-state index contributed by atoms with van der Waals surface area (Å²) in [4.78, 5) is 17.2. The third-order valence-electron chi connectivity index (χ3n) is 5.08. The summed E-state index contributed by atoms with van der Waals surface area (Å²) in [5.74, 6) is 0.192. The van der Waals surface area contributed by atoms with Gasteiger partial charge in [-0.05, 0) is 37.2 Å². The van der Waals surface area contributed by atoms with E-state index in [4.69, 9.17) is 27.9 Å². The zero-order valence-corrected chi connectivity index (χ0v) is 18.3. The van der Waals surface area contributed by atoms with Crippen molar-refractivity contribution in [2.24, 2.45) is 0 Å². The number of benzene rings is 2. The Kier molecular flexibility index (Phi) is 7.78. The molecule has 1 aliphatic heterocycles. The summed E-state index contributed by atoms with van der Waals surface area (Å²) in [7, 11) is 2.16. The fourth-order valence-corrected chi connectivity index (χ4v) is 3.52. The molecule has 3 rings (SSSR count). The van der Waals surface area contributed by atoms with Crippen molar-refractivity contribution < 1.29 is 9.53 Å². The van der Waals surface area contributed by atoms with Crippen LogP contribution in [0.5, 0.6) is 5.75 Å². The van der Waals surface area contributed by atoms with Gasteiger partial charge in [-0.15, -0.1) is 0 Å². The molecular weight excluding hydrogens is 409 g/mol. The largest absolute Gasteiger partial charge is 0.479 e. The van der Waals surface area contributed by atoms with Crippen LogP contribution in [-0.4, -0.2) is 55.0 Å². The first kappa shape index (κ1) is 21.9. The van der Waals surface area contributed by atoms with Crippen LogP contribution >= 0.6 is 23.2 Å². The number of rotatable bonds is 7. The van der Waals surface area contributed by atoms with Crippen LogP contribution in [0.3, 0.4) is 0 Å². The summed E-state index contributed by atoms with van der Waals surface area (Å²) >= 11 is 12.1. The standard InChI is InChI=1S/C22H27Cl2N3O2/c1-16(29-20-5-3-4-19(23)21(20)24)22(28)25-14-17-6-8-18(9-7-17)15-27-12-10-26(2)11-13-27/h3-9,16H,10-15H2,1-2H3,(H,25,28). The van der Waals surface area contributed by atoms with Gasteiger partial charge >= 0.3 is 0 Å². The Hall–Kier alpha value is -1.79. The highest BCUT2D eigenvalue weighted by atomic mass is 35.5. The van der Waals surface area contributed by atoms with Gasteiger partial charge < -0.3 is 15.0 Å². The number of carbonyl (C=O) groups excluding carboxylic acids is 1. The predicted molar refractivity (Wildman–Crippen MR) is 118 cm³/mol. The number of piperazine rings is 1. The number of hydrogen-bond acceptors (Lipinski definition) is 4. The third-order valence-corrected chi connectivity index (χ3v) is 5.88. The minimum absolute atomic E-state index is 0.206. The quantitative estimate of drug-likeness (QED) is 0.717. The Morgan fingerprint density at radius 2 is 1.72 bits per heavy atom. The molecule has 1 unspecified atom stereocenters. The molecular formula is C22H27Cl2N3O2. The number of ether oxygens (including phenoxy) is 1. The highest BCUT2D eigenvalue weighted by Gasteiger charge is 2.17. The van der Waals surface area contributed by atoms with Crippen LogP contribution in [-0.2, 0) is 17.9 Å². The van der Waals surface area contributed by atoms with Crippen LogP contribution in [0.1, 0.15) is 18.1 Å². The summed E-state index contributed by atoms with van der Waals surface area (Å²) < 4.78 is 5.65. The monoisotopic (exact) mass is 435 g/mol. The normalized spacial score (nSPS) is 16.4. The molecule has 29 heavy (non-hydrogen) atoms. The van der Waals surface area contributed by atoms with Crippen molar-refractivity contribution in [1.82, 2.24) is 15.1 Å². The van der Waals surface area contributed by atoms with Crippen molar-refractivity contribution in [1.29, 1.82) is 0 Å². The van der Waals surface area contributed by atoms with Gasteiger partial charge in [0.1, 0.15) is 10.8 Å². The first-order chi connectivity index (χ1) is 13.9. The molecule has 5 nitrogen and oxygen atoms in total. The topological polar surface area (TPSA) is 44.8 Å². The fourth-order valence-electron chi connectivity index (χ4n) is 3.18. The SMILES string of the molecule is CC(Oc1cccc(Cl)c1Cl)C(=O)NCc1ccc(CN2CCN(C)CC2)cc1. The molecule has 1 saturated heterocycles. The zero-order valence-electron chi connectivity index (χ0n) is 16.8. The highest BCUT2D eigenvalue weighted by Crippen LogP contribution is 2.32. The van der Waals surface area contributed by atoms with E-state index in [9.17, 15) is 4.79 Å². The van der Waals surface area contributed by atoms with Crippen LogP contribution in [0, 0.1) is 0 Å². The number of nitrogens with zero attached hydrogens (tertiary/aromatic N) is 2. The van der Waals surface area contributed by atoms with E-state index >= 15 is 0 Å². The lowest BCUT2D eigenvalue weighted by molar-refractivity contribution is -0.127. The Labute approximate surface area is 182 Å². The number of amides is 1. The molecule has 0 saturated carbocycles. The van der Waals surface area contributed by atoms with Gasteiger partial charge in [-0.2, -0.15) is 0 Å². The summed E-state index contributed by atoms with van der Waals surface area (Å²) in [5, 5.41) is 3.61. The number of carbonyl (C=O) groups is 1. The molecule has 0 bridgehead atoms. The van der Waals surface area contributed by atoms with E-state index in [1.807, 2.05) is 0 Å². The first-order valence-electron chi connectivity index (χ1n) is 9.79. The Morgan fingerprint density at radius 1 is 1.07 bits per heavy atom. The Balaban J connectivity index is 1.46. The maximum absolute atomic E-state index is 12.4. The molecule has 0 aliphatic carbocycles. The van der Waals surface area contributed by atoms with Gasteiger partial charge in [0.2, 0.25) is 0 Å². The van der Waals surface area contributed by atoms with Gasteiger partial charge in [-0.25, -0.2) is 0 Å². The van der Waals surface area contributed by atoms with Crippen LogP contribution in [0.25, 0.3) is 0 Å². The number of hydrogen-bond donors (Lipinski definition) is 1. The van der Waals surface area contributed by atoms with Crippen molar-refractivity contribution in [3.63, 3.8) is 0 Å². The van der Waals surface area contributed by atoms with Crippen LogP contribution < -0.4 is 10.1 Å². The van der Waals surface area contributed by atoms with Crippen LogP contribution in [0.4, 0.5) is 0 Å². The number of nitrogens with one attached hydrogen (secondary N) is 1. The van der Waals surface area contributed by atoms with E-state index in [-0.39, 0.29) is 5.91 Å². The molecule has 1 amide bonds. The van der Waals surface area contributed by atoms with Gasteiger partial charge in [-0.3, -0.25) is 9.69 Å². The zero-order chi connectivity index (χ0) is 20.8. The van der Waals surface area contributed by atoms with Crippen molar-refractivity contribution in [2.45, 2.75) is 26.1 Å². The molecule has 0 spiro atoms. The van der Waals surface area contributed by atoms with E-state index in [1.54, 1.807) is 25.1 Å². The van der Waals surface area contributed by atoms with E-state index in [0.717, 1.165) is 38.3 Å². The second-order valence-corrected chi connectivity index (χ2v) is 8.21. The average molecular weight is 436 g/mol. The number of halogens is 2. The minimum Gasteiger partial charge on any atom is -0.479 e. The summed E-state index contributed by atoms with van der Waals surface area (Å²) in [6, 6.07) is 13.5. The third kappa shape index (κ3) is 6.34. The molecule has 2 aromatic rings. The molecule has 1 heterocycles. The van der Waals surface area contributed by atoms with Gasteiger partial charge in [0.25, 0.3) is 5.91 Å². The summed E-state index contributed by atoms with van der Waals surface area (Å²) in [6.07, 6.45) is -0.678. The van der Waals surface area contributed by atoms with Crippen molar-refractivity contribution >= 4 is 29.1 Å². The first-order valence-corrected chi connectivity index (χ1v) is 10.5. The van der Waals surface area contributed by atoms with E-state index in [1.165, 1.54) is 5.56 Å². The molecule has 156 valence electrons. The second-order valence-electron chi connectivity index (χ2n) is 7.43. The molecule has 1 N–H and O–H groups in total. The lowest BCUT2D eigenvalue weighted by Gasteiger charge is -2.32. The van der Waals surface area contributed by atoms with Gasteiger partial charge in [-0.1, -0.05) is 53.5 Å². The summed E-state index contributed by atoms with van der Waals surface area (Å²) in [5.41, 5.74) is 2.34. The molecule has 1 fully saturated rings. The van der Waals surface area contributed by atoms with Crippen LogP contribution in [0.15, 0.2) is 42.5 Å². The molecule has 0 aromatic heterocycles. The van der Waals surface area contributed by atoms with Gasteiger partial charge in [0.15, 0.2) is 6.10 Å². The highest BCUT2D eigenvalue weighted by molar-refractivity contribution is 6.42. The molecule has 1 aliphatic rings. The molecule has 2 aromatic carbocycles. The second kappa shape index (κ2) is 10.3. The van der Waals surface area contributed by atoms with Gasteiger partial charge in [0.05, 0.1) is 5.02 Å². The Morgan fingerprint density at radius 3 is 2.41 bits per heavy atom. The lowest BCUT2D eigenvalue weighted by Crippen LogP contribution is -2.43. The Bertz CT molecular complexity index is 821. The smallest absolute Gasteiger partial charge is 0.261 e. The minimum atomic E-state index is -0.678. The van der Waals surface area contributed by atoms with E-state index in [0.29, 0.717) is 22.3 Å². The van der Waals surface area contributed by atoms with Crippen molar-refractivity contribution in [2.75, 3.05) is 33.2 Å². The van der Waals surface area contributed by atoms with Gasteiger partial charge in [0, 0.05) is 39.3 Å². The predicted octanol–water partition coefficient (Wildman–Crippen LogP) is 3.82. The van der Waals surface area contributed by atoms with E-state index in [2.05, 4.69) is 46.4 Å². The molecule has 7 heteroatoms. The summed E-state index contributed by atoms with van der Waals surface area (Å²) in [6.45, 7) is 7.53. The van der Waals surface area contributed by atoms with Crippen molar-refractivity contribution in [3.05, 3.63) is 63.6 Å². The average Bonchev–Trinajstić information content (AvgIpc) is 2.72. The maximum atomic E-state index is 12.4. The van der Waals surface area contributed by atoms with E-state index < -0.39 is 6.10 Å². The van der Waals surface area contributed by atoms with Crippen molar-refractivity contribution in [3.8, 4) is 5.75 Å². The molecule has 0 radical (unpaired) electrons. The molecule has 1 atom stereocenters. The number of likely N-dealkylation sites (N-methyl/N-ethyl adjacent to an activating group) is 1.